The first-order valence-electron chi connectivity index (χ1n) is 5.57. The maximum atomic E-state index is 11.9. The van der Waals surface area contributed by atoms with E-state index in [4.69, 9.17) is 5.73 Å². The molecule has 1 heterocycles. The normalized spacial score (nSPS) is 25.7. The van der Waals surface area contributed by atoms with E-state index in [0.717, 1.165) is 25.9 Å². The molecule has 2 nitrogen and oxygen atoms in total. The van der Waals surface area contributed by atoms with Gasteiger partial charge in [0.15, 0.2) is 0 Å². The van der Waals surface area contributed by atoms with Crippen molar-refractivity contribution >= 4 is 11.8 Å². The van der Waals surface area contributed by atoms with Crippen LogP contribution in [0.5, 0.6) is 0 Å². The zero-order valence-electron chi connectivity index (χ0n) is 9.46. The SMILES string of the molecule is CC(N)C1CCCN(CCSC(F)(F)F)C1. The molecule has 1 saturated heterocycles. The van der Waals surface area contributed by atoms with E-state index in [9.17, 15) is 13.2 Å². The van der Waals surface area contributed by atoms with Crippen LogP contribution in [-0.4, -0.2) is 41.8 Å². The van der Waals surface area contributed by atoms with E-state index in [-0.39, 0.29) is 23.6 Å². The predicted octanol–water partition coefficient (Wildman–Crippen LogP) is 2.30. The summed E-state index contributed by atoms with van der Waals surface area (Å²) in [5, 5.41) is 0. The molecule has 1 rings (SSSR count). The van der Waals surface area contributed by atoms with Gasteiger partial charge in [0, 0.05) is 24.9 Å². The second-order valence-corrected chi connectivity index (χ2v) is 5.52. The molecule has 0 aromatic carbocycles. The number of likely N-dealkylation sites (tertiary alicyclic amines) is 1. The highest BCUT2D eigenvalue weighted by Gasteiger charge is 2.28. The second kappa shape index (κ2) is 6.12. The third-order valence-corrected chi connectivity index (χ3v) is 3.67. The zero-order valence-corrected chi connectivity index (χ0v) is 10.3. The van der Waals surface area contributed by atoms with Crippen LogP contribution >= 0.6 is 11.8 Å². The molecule has 0 aromatic rings. The van der Waals surface area contributed by atoms with Crippen LogP contribution in [0, 0.1) is 5.92 Å². The Hall–Kier alpha value is 0.0600. The Balaban J connectivity index is 2.22. The minimum absolute atomic E-state index is 0.0639. The Morgan fingerprint density at radius 2 is 2.19 bits per heavy atom. The molecule has 0 bridgehead atoms. The summed E-state index contributed by atoms with van der Waals surface area (Å²) < 4.78 is 35.8. The molecule has 16 heavy (non-hydrogen) atoms. The number of thioether (sulfide) groups is 1. The highest BCUT2D eigenvalue weighted by Crippen LogP contribution is 2.30. The minimum Gasteiger partial charge on any atom is -0.328 e. The lowest BCUT2D eigenvalue weighted by atomic mass is 9.92. The Kier molecular flexibility index (Phi) is 5.40. The number of nitrogens with zero attached hydrogens (tertiary/aromatic N) is 1. The third-order valence-electron chi connectivity index (χ3n) is 2.96. The van der Waals surface area contributed by atoms with Crippen LogP contribution in [0.2, 0.25) is 0 Å². The summed E-state index contributed by atoms with van der Waals surface area (Å²) in [6.45, 7) is 4.23. The molecule has 1 fully saturated rings. The van der Waals surface area contributed by atoms with E-state index in [1.54, 1.807) is 0 Å². The number of hydrogen-bond acceptors (Lipinski definition) is 3. The molecule has 1 aliphatic rings. The van der Waals surface area contributed by atoms with Crippen molar-refractivity contribution < 1.29 is 13.2 Å². The maximum Gasteiger partial charge on any atom is 0.441 e. The molecule has 0 radical (unpaired) electrons. The smallest absolute Gasteiger partial charge is 0.328 e. The van der Waals surface area contributed by atoms with Crippen molar-refractivity contribution in [3.8, 4) is 0 Å². The zero-order chi connectivity index (χ0) is 12.2. The van der Waals surface area contributed by atoms with Crippen LogP contribution in [0.3, 0.4) is 0 Å². The van der Waals surface area contributed by atoms with Crippen molar-refractivity contribution in [3.05, 3.63) is 0 Å². The van der Waals surface area contributed by atoms with E-state index in [0.29, 0.717) is 12.5 Å². The number of nitrogens with two attached hydrogens (primary N) is 1. The van der Waals surface area contributed by atoms with E-state index >= 15 is 0 Å². The molecule has 96 valence electrons. The van der Waals surface area contributed by atoms with Crippen LogP contribution in [0.4, 0.5) is 13.2 Å². The molecule has 0 spiro atoms. The Labute approximate surface area is 98.7 Å². The minimum atomic E-state index is -4.10. The van der Waals surface area contributed by atoms with Gasteiger partial charge >= 0.3 is 5.51 Å². The fourth-order valence-corrected chi connectivity index (χ4v) is 2.59. The number of rotatable bonds is 4. The monoisotopic (exact) mass is 256 g/mol. The topological polar surface area (TPSA) is 29.3 Å². The van der Waals surface area contributed by atoms with Gasteiger partial charge in [0.2, 0.25) is 0 Å². The summed E-state index contributed by atoms with van der Waals surface area (Å²) >= 11 is 0.0639. The number of halogens is 3. The Morgan fingerprint density at radius 1 is 1.50 bits per heavy atom. The lowest BCUT2D eigenvalue weighted by molar-refractivity contribution is -0.0329. The van der Waals surface area contributed by atoms with E-state index < -0.39 is 5.51 Å². The molecule has 0 aliphatic carbocycles. The second-order valence-electron chi connectivity index (χ2n) is 4.36. The highest BCUT2D eigenvalue weighted by molar-refractivity contribution is 8.00. The van der Waals surface area contributed by atoms with Crippen molar-refractivity contribution in [3.63, 3.8) is 0 Å². The molecule has 0 aromatic heterocycles. The number of hydrogen-bond donors (Lipinski definition) is 1. The fourth-order valence-electron chi connectivity index (χ4n) is 2.01. The molecule has 2 atom stereocenters. The lowest BCUT2D eigenvalue weighted by Gasteiger charge is -2.34. The van der Waals surface area contributed by atoms with Crippen LogP contribution < -0.4 is 5.73 Å². The summed E-state index contributed by atoms with van der Waals surface area (Å²) in [6.07, 6.45) is 2.14. The Bertz CT molecular complexity index is 209. The van der Waals surface area contributed by atoms with Gasteiger partial charge in [-0.1, -0.05) is 0 Å². The van der Waals surface area contributed by atoms with Gasteiger partial charge in [0.25, 0.3) is 0 Å². The van der Waals surface area contributed by atoms with Crippen molar-refractivity contribution in [2.24, 2.45) is 11.7 Å². The van der Waals surface area contributed by atoms with Crippen molar-refractivity contribution in [2.45, 2.75) is 31.3 Å². The first kappa shape index (κ1) is 14.1. The molecule has 1 aliphatic heterocycles. The standard InChI is InChI=1S/C10H19F3N2S/c1-8(14)9-3-2-4-15(7-9)5-6-16-10(11,12)13/h8-9H,2-7,14H2,1H3. The maximum absolute atomic E-state index is 11.9. The van der Waals surface area contributed by atoms with Gasteiger partial charge in [0.1, 0.15) is 0 Å². The van der Waals surface area contributed by atoms with E-state index in [2.05, 4.69) is 4.90 Å². The quantitative estimate of drug-likeness (QED) is 0.837. The molecule has 0 saturated carbocycles. The lowest BCUT2D eigenvalue weighted by Crippen LogP contribution is -2.43. The van der Waals surface area contributed by atoms with Crippen LogP contribution in [0.25, 0.3) is 0 Å². The molecule has 6 heteroatoms. The van der Waals surface area contributed by atoms with Crippen LogP contribution in [0.15, 0.2) is 0 Å². The first-order valence-corrected chi connectivity index (χ1v) is 6.55. The van der Waals surface area contributed by atoms with Gasteiger partial charge in [-0.15, -0.1) is 0 Å². The summed E-state index contributed by atoms with van der Waals surface area (Å²) in [5.74, 6) is 0.555. The van der Waals surface area contributed by atoms with Crippen molar-refractivity contribution in [1.82, 2.24) is 4.90 Å². The van der Waals surface area contributed by atoms with E-state index in [1.807, 2.05) is 6.92 Å². The highest BCUT2D eigenvalue weighted by atomic mass is 32.2. The van der Waals surface area contributed by atoms with Gasteiger partial charge < -0.3 is 10.6 Å². The molecular formula is C10H19F3N2S. The van der Waals surface area contributed by atoms with E-state index in [1.165, 1.54) is 0 Å². The molecule has 2 unspecified atom stereocenters. The molecular weight excluding hydrogens is 237 g/mol. The summed E-state index contributed by atoms with van der Waals surface area (Å²) in [4.78, 5) is 2.09. The number of piperidine rings is 1. The van der Waals surface area contributed by atoms with Gasteiger partial charge in [-0.2, -0.15) is 13.2 Å². The Morgan fingerprint density at radius 3 is 2.75 bits per heavy atom. The average molecular weight is 256 g/mol. The van der Waals surface area contributed by atoms with Gasteiger partial charge in [-0.25, -0.2) is 0 Å². The molecule has 2 N–H and O–H groups in total. The number of alkyl halides is 3. The fraction of sp³-hybridized carbons (Fsp3) is 1.00. The summed E-state index contributed by atoms with van der Waals surface area (Å²) in [6, 6.07) is 0.137. The van der Waals surface area contributed by atoms with Gasteiger partial charge in [0.05, 0.1) is 0 Å². The average Bonchev–Trinajstić information content (AvgIpc) is 2.16. The summed E-state index contributed by atoms with van der Waals surface area (Å²) in [7, 11) is 0. The largest absolute Gasteiger partial charge is 0.441 e. The summed E-state index contributed by atoms with van der Waals surface area (Å²) in [5.41, 5.74) is 1.71. The predicted molar refractivity (Wildman–Crippen MR) is 61.3 cm³/mol. The van der Waals surface area contributed by atoms with Crippen molar-refractivity contribution in [1.29, 1.82) is 0 Å². The first-order chi connectivity index (χ1) is 7.38. The molecule has 0 amide bonds. The van der Waals surface area contributed by atoms with Gasteiger partial charge in [-0.3, -0.25) is 0 Å². The van der Waals surface area contributed by atoms with Crippen molar-refractivity contribution in [2.75, 3.05) is 25.4 Å². The van der Waals surface area contributed by atoms with Gasteiger partial charge in [-0.05, 0) is 44.0 Å². The third kappa shape index (κ3) is 5.41. The van der Waals surface area contributed by atoms with Crippen LogP contribution in [0.1, 0.15) is 19.8 Å². The van der Waals surface area contributed by atoms with Crippen LogP contribution in [-0.2, 0) is 0 Å².